The molecule has 1 heterocycles. The van der Waals surface area contributed by atoms with Crippen molar-refractivity contribution in [2.24, 2.45) is 11.8 Å². The summed E-state index contributed by atoms with van der Waals surface area (Å²) in [6.07, 6.45) is 4.19. The summed E-state index contributed by atoms with van der Waals surface area (Å²) in [5, 5.41) is 3.39. The molecule has 0 bridgehead atoms. The average Bonchev–Trinajstić information content (AvgIpc) is 2.15. The molecule has 1 aliphatic rings. The van der Waals surface area contributed by atoms with E-state index in [1.807, 2.05) is 0 Å². The molecule has 2 nitrogen and oxygen atoms in total. The fourth-order valence-corrected chi connectivity index (χ4v) is 1.96. The zero-order valence-corrected chi connectivity index (χ0v) is 9.88. The number of piperidine rings is 1. The van der Waals surface area contributed by atoms with Gasteiger partial charge < -0.3 is 10.1 Å². The first-order chi connectivity index (χ1) is 6.70. The van der Waals surface area contributed by atoms with Crippen molar-refractivity contribution >= 4 is 0 Å². The molecular weight excluding hydrogens is 174 g/mol. The molecule has 0 aromatic rings. The molecule has 0 amide bonds. The van der Waals surface area contributed by atoms with Crippen molar-refractivity contribution in [3.8, 4) is 0 Å². The van der Waals surface area contributed by atoms with Crippen molar-refractivity contribution in [1.29, 1.82) is 0 Å². The molecule has 84 valence electrons. The second-order valence-corrected chi connectivity index (χ2v) is 4.92. The average molecular weight is 199 g/mol. The van der Waals surface area contributed by atoms with E-state index in [9.17, 15) is 0 Å². The van der Waals surface area contributed by atoms with Gasteiger partial charge in [-0.25, -0.2) is 0 Å². The number of hydrogen-bond acceptors (Lipinski definition) is 2. The van der Waals surface area contributed by atoms with E-state index in [2.05, 4.69) is 26.1 Å². The fraction of sp³-hybridized carbons (Fsp3) is 1.00. The molecule has 0 aromatic carbocycles. The van der Waals surface area contributed by atoms with Gasteiger partial charge >= 0.3 is 0 Å². The van der Waals surface area contributed by atoms with Gasteiger partial charge in [0, 0.05) is 13.2 Å². The van der Waals surface area contributed by atoms with Crippen molar-refractivity contribution in [3.05, 3.63) is 0 Å². The van der Waals surface area contributed by atoms with Crippen LogP contribution in [-0.4, -0.2) is 25.8 Å². The molecule has 1 saturated heterocycles. The summed E-state index contributed by atoms with van der Waals surface area (Å²) in [5.41, 5.74) is 0. The Morgan fingerprint density at radius 3 is 2.86 bits per heavy atom. The lowest BCUT2D eigenvalue weighted by atomic mass is 9.98. The lowest BCUT2D eigenvalue weighted by Crippen LogP contribution is -2.39. The summed E-state index contributed by atoms with van der Waals surface area (Å²) in [6.45, 7) is 10.0. The summed E-state index contributed by atoms with van der Waals surface area (Å²) in [4.78, 5) is 0. The monoisotopic (exact) mass is 199 g/mol. The molecule has 1 rings (SSSR count). The minimum absolute atomic E-state index is 0.503. The van der Waals surface area contributed by atoms with E-state index in [0.717, 1.165) is 25.6 Å². The van der Waals surface area contributed by atoms with Crippen LogP contribution in [0, 0.1) is 11.8 Å². The number of hydrogen-bond donors (Lipinski definition) is 1. The second kappa shape index (κ2) is 6.41. The van der Waals surface area contributed by atoms with Gasteiger partial charge in [-0.3, -0.25) is 0 Å². The van der Waals surface area contributed by atoms with E-state index < -0.39 is 0 Å². The normalized spacial score (nSPS) is 28.3. The molecule has 1 aliphatic heterocycles. The smallest absolute Gasteiger partial charge is 0.0624 e. The van der Waals surface area contributed by atoms with Gasteiger partial charge in [-0.2, -0.15) is 0 Å². The minimum atomic E-state index is 0.503. The number of rotatable bonds is 5. The first-order valence-corrected chi connectivity index (χ1v) is 6.02. The van der Waals surface area contributed by atoms with Crippen LogP contribution in [0.1, 0.15) is 40.0 Å². The molecule has 2 unspecified atom stereocenters. The maximum absolute atomic E-state index is 5.91. The lowest BCUT2D eigenvalue weighted by molar-refractivity contribution is -0.00149. The molecule has 0 radical (unpaired) electrons. The van der Waals surface area contributed by atoms with Crippen LogP contribution in [-0.2, 0) is 4.74 Å². The topological polar surface area (TPSA) is 21.3 Å². The van der Waals surface area contributed by atoms with Gasteiger partial charge in [-0.05, 0) is 37.6 Å². The maximum atomic E-state index is 5.91. The third kappa shape index (κ3) is 4.43. The SMILES string of the molecule is CC(C)CCCOC1CCNCC1C. The molecule has 14 heavy (non-hydrogen) atoms. The van der Waals surface area contributed by atoms with E-state index in [1.54, 1.807) is 0 Å². The van der Waals surface area contributed by atoms with Crippen LogP contribution in [0.25, 0.3) is 0 Å². The van der Waals surface area contributed by atoms with Gasteiger partial charge in [0.05, 0.1) is 6.10 Å². The Labute approximate surface area is 88.4 Å². The Balaban J connectivity index is 2.04. The van der Waals surface area contributed by atoms with Crippen molar-refractivity contribution < 1.29 is 4.74 Å². The zero-order valence-electron chi connectivity index (χ0n) is 9.88. The van der Waals surface area contributed by atoms with Crippen molar-refractivity contribution in [2.45, 2.75) is 46.1 Å². The molecule has 0 spiro atoms. The Morgan fingerprint density at radius 1 is 1.43 bits per heavy atom. The van der Waals surface area contributed by atoms with Gasteiger partial charge in [0.1, 0.15) is 0 Å². The fourth-order valence-electron chi connectivity index (χ4n) is 1.96. The van der Waals surface area contributed by atoms with E-state index in [0.29, 0.717) is 12.0 Å². The highest BCUT2D eigenvalue weighted by Gasteiger charge is 2.20. The Bertz CT molecular complexity index is 147. The summed E-state index contributed by atoms with van der Waals surface area (Å²) >= 11 is 0. The molecule has 0 saturated carbocycles. The van der Waals surface area contributed by atoms with Crippen molar-refractivity contribution in [2.75, 3.05) is 19.7 Å². The van der Waals surface area contributed by atoms with Gasteiger partial charge in [-0.1, -0.05) is 20.8 Å². The molecule has 0 aliphatic carbocycles. The van der Waals surface area contributed by atoms with Gasteiger partial charge in [0.15, 0.2) is 0 Å². The third-order valence-corrected chi connectivity index (χ3v) is 2.96. The maximum Gasteiger partial charge on any atom is 0.0624 e. The van der Waals surface area contributed by atoms with Gasteiger partial charge in [0.2, 0.25) is 0 Å². The van der Waals surface area contributed by atoms with E-state index in [-0.39, 0.29) is 0 Å². The van der Waals surface area contributed by atoms with Crippen molar-refractivity contribution in [3.63, 3.8) is 0 Å². The predicted octanol–water partition coefficient (Wildman–Crippen LogP) is 2.44. The van der Waals surface area contributed by atoms with Crippen LogP contribution >= 0.6 is 0 Å². The highest BCUT2D eigenvalue weighted by Crippen LogP contribution is 2.15. The molecular formula is C12H25NO. The molecule has 2 atom stereocenters. The number of ether oxygens (including phenoxy) is 1. The predicted molar refractivity (Wildman–Crippen MR) is 60.5 cm³/mol. The first-order valence-electron chi connectivity index (χ1n) is 6.02. The Hall–Kier alpha value is -0.0800. The van der Waals surface area contributed by atoms with E-state index in [1.165, 1.54) is 19.3 Å². The molecule has 1 fully saturated rings. The Morgan fingerprint density at radius 2 is 2.21 bits per heavy atom. The van der Waals surface area contributed by atoms with Crippen LogP contribution in [0.3, 0.4) is 0 Å². The summed E-state index contributed by atoms with van der Waals surface area (Å²) < 4.78 is 5.91. The van der Waals surface area contributed by atoms with Crippen molar-refractivity contribution in [1.82, 2.24) is 5.32 Å². The molecule has 2 heteroatoms. The standard InChI is InChI=1S/C12H25NO/c1-10(2)5-4-8-14-12-6-7-13-9-11(12)3/h10-13H,4-9H2,1-3H3. The zero-order chi connectivity index (χ0) is 10.4. The van der Waals surface area contributed by atoms with Crippen LogP contribution in [0.4, 0.5) is 0 Å². The highest BCUT2D eigenvalue weighted by atomic mass is 16.5. The second-order valence-electron chi connectivity index (χ2n) is 4.92. The summed E-state index contributed by atoms with van der Waals surface area (Å²) in [7, 11) is 0. The lowest BCUT2D eigenvalue weighted by Gasteiger charge is -2.29. The van der Waals surface area contributed by atoms with Crippen LogP contribution in [0.2, 0.25) is 0 Å². The van der Waals surface area contributed by atoms with Crippen LogP contribution in [0.15, 0.2) is 0 Å². The minimum Gasteiger partial charge on any atom is -0.378 e. The Kier molecular flexibility index (Phi) is 5.49. The van der Waals surface area contributed by atoms with E-state index >= 15 is 0 Å². The van der Waals surface area contributed by atoms with Crippen LogP contribution < -0.4 is 5.32 Å². The summed E-state index contributed by atoms with van der Waals surface area (Å²) in [6, 6.07) is 0. The third-order valence-electron chi connectivity index (χ3n) is 2.96. The quantitative estimate of drug-likeness (QED) is 0.687. The van der Waals surface area contributed by atoms with Gasteiger partial charge in [-0.15, -0.1) is 0 Å². The van der Waals surface area contributed by atoms with E-state index in [4.69, 9.17) is 4.74 Å². The van der Waals surface area contributed by atoms with Crippen LogP contribution in [0.5, 0.6) is 0 Å². The largest absolute Gasteiger partial charge is 0.378 e. The molecule has 1 N–H and O–H groups in total. The van der Waals surface area contributed by atoms with Gasteiger partial charge in [0.25, 0.3) is 0 Å². The molecule has 0 aromatic heterocycles. The number of nitrogens with one attached hydrogen (secondary N) is 1. The summed E-state index contributed by atoms with van der Waals surface area (Å²) in [5.74, 6) is 1.49. The highest BCUT2D eigenvalue weighted by molar-refractivity contribution is 4.75. The first kappa shape index (κ1) is 12.0.